The summed E-state index contributed by atoms with van der Waals surface area (Å²) >= 11 is 0. The second-order valence-corrected chi connectivity index (χ2v) is 5.92. The van der Waals surface area contributed by atoms with Crippen LogP contribution in [-0.4, -0.2) is 46.2 Å². The lowest BCUT2D eigenvalue weighted by Crippen LogP contribution is -2.44. The van der Waals surface area contributed by atoms with Crippen LogP contribution in [0.2, 0.25) is 0 Å². The minimum absolute atomic E-state index is 0.0679. The fourth-order valence-electron chi connectivity index (χ4n) is 2.57. The summed E-state index contributed by atoms with van der Waals surface area (Å²) in [5.74, 6) is -2.26. The number of carbonyl (C=O) groups excluding carboxylic acids is 5. The summed E-state index contributed by atoms with van der Waals surface area (Å²) in [5, 5.41) is 1.50. The maximum Gasteiger partial charge on any atom is 0.333 e. The SMILES string of the molecule is CCC(CCCC(=O)ON1C(=O)CCC1=O)CNN1C(=O)C=CC1=O. The van der Waals surface area contributed by atoms with Crippen LogP contribution >= 0.6 is 0 Å². The van der Waals surface area contributed by atoms with Crippen molar-refractivity contribution < 1.29 is 28.8 Å². The summed E-state index contributed by atoms with van der Waals surface area (Å²) in [7, 11) is 0. The summed E-state index contributed by atoms with van der Waals surface area (Å²) in [5.41, 5.74) is 2.80. The molecule has 1 fully saturated rings. The number of carbonyl (C=O) groups is 5. The van der Waals surface area contributed by atoms with Gasteiger partial charge in [0.2, 0.25) is 0 Å². The number of nitrogens with one attached hydrogen (secondary N) is 1. The number of rotatable bonds is 9. The Kier molecular flexibility index (Phi) is 6.40. The van der Waals surface area contributed by atoms with E-state index in [9.17, 15) is 24.0 Å². The first-order valence-corrected chi connectivity index (χ1v) is 8.28. The Morgan fingerprint density at radius 3 is 2.32 bits per heavy atom. The van der Waals surface area contributed by atoms with Gasteiger partial charge in [0.05, 0.1) is 0 Å². The van der Waals surface area contributed by atoms with Gasteiger partial charge in [-0.05, 0) is 18.8 Å². The van der Waals surface area contributed by atoms with Gasteiger partial charge in [-0.1, -0.05) is 13.3 Å². The monoisotopic (exact) mass is 351 g/mol. The fourth-order valence-corrected chi connectivity index (χ4v) is 2.57. The van der Waals surface area contributed by atoms with E-state index in [1.807, 2.05) is 6.92 Å². The molecule has 0 aromatic rings. The number of nitrogens with zero attached hydrogens (tertiary/aromatic N) is 2. The first kappa shape index (κ1) is 18.8. The molecular weight excluding hydrogens is 330 g/mol. The Hall–Kier alpha value is -2.55. The van der Waals surface area contributed by atoms with Gasteiger partial charge in [0, 0.05) is 38.0 Å². The maximum atomic E-state index is 11.7. The normalized spacial score (nSPS) is 18.4. The van der Waals surface area contributed by atoms with E-state index in [2.05, 4.69) is 5.43 Å². The molecule has 4 amide bonds. The highest BCUT2D eigenvalue weighted by Crippen LogP contribution is 2.16. The molecule has 1 atom stereocenters. The highest BCUT2D eigenvalue weighted by Gasteiger charge is 2.32. The second kappa shape index (κ2) is 8.52. The molecule has 9 heteroatoms. The largest absolute Gasteiger partial charge is 0.333 e. The third-order valence-corrected chi connectivity index (χ3v) is 4.12. The molecule has 0 aromatic carbocycles. The van der Waals surface area contributed by atoms with Gasteiger partial charge in [-0.25, -0.2) is 15.2 Å². The smallest absolute Gasteiger partial charge is 0.330 e. The van der Waals surface area contributed by atoms with Crippen molar-refractivity contribution >= 4 is 29.6 Å². The molecule has 0 saturated carbocycles. The van der Waals surface area contributed by atoms with Crippen molar-refractivity contribution in [2.45, 2.75) is 45.4 Å². The molecule has 136 valence electrons. The van der Waals surface area contributed by atoms with Gasteiger partial charge in [-0.3, -0.25) is 19.2 Å². The zero-order chi connectivity index (χ0) is 18.4. The molecule has 1 saturated heterocycles. The molecule has 0 aliphatic carbocycles. The van der Waals surface area contributed by atoms with E-state index >= 15 is 0 Å². The molecule has 2 rings (SSSR count). The molecule has 2 heterocycles. The van der Waals surface area contributed by atoms with E-state index in [-0.39, 0.29) is 25.2 Å². The molecule has 25 heavy (non-hydrogen) atoms. The molecule has 1 unspecified atom stereocenters. The zero-order valence-corrected chi connectivity index (χ0v) is 14.0. The lowest BCUT2D eigenvalue weighted by molar-refractivity contribution is -0.197. The minimum Gasteiger partial charge on any atom is -0.330 e. The Labute approximate surface area is 144 Å². The molecule has 9 nitrogen and oxygen atoms in total. The Balaban J connectivity index is 1.67. The second-order valence-electron chi connectivity index (χ2n) is 5.92. The molecule has 0 spiro atoms. The molecular formula is C16H21N3O6. The molecule has 2 aliphatic heterocycles. The van der Waals surface area contributed by atoms with Crippen molar-refractivity contribution in [2.75, 3.05) is 6.54 Å². The van der Waals surface area contributed by atoms with E-state index in [1.165, 1.54) is 12.2 Å². The number of hydrogen-bond donors (Lipinski definition) is 1. The van der Waals surface area contributed by atoms with Gasteiger partial charge in [-0.15, -0.1) is 5.06 Å². The van der Waals surface area contributed by atoms with Crippen LogP contribution in [0.25, 0.3) is 0 Å². The third kappa shape index (κ3) is 4.96. The molecule has 0 bridgehead atoms. The van der Waals surface area contributed by atoms with Crippen LogP contribution in [0.4, 0.5) is 0 Å². The van der Waals surface area contributed by atoms with Crippen molar-refractivity contribution in [3.05, 3.63) is 12.2 Å². The Morgan fingerprint density at radius 1 is 1.16 bits per heavy atom. The number of hydrogen-bond acceptors (Lipinski definition) is 7. The van der Waals surface area contributed by atoms with Crippen LogP contribution in [0.3, 0.4) is 0 Å². The lowest BCUT2D eigenvalue weighted by atomic mass is 9.99. The van der Waals surface area contributed by atoms with Crippen LogP contribution < -0.4 is 5.43 Å². The van der Waals surface area contributed by atoms with Crippen molar-refractivity contribution in [3.8, 4) is 0 Å². The number of hydroxylamine groups is 2. The summed E-state index contributed by atoms with van der Waals surface area (Å²) in [6.45, 7) is 2.39. The summed E-state index contributed by atoms with van der Waals surface area (Å²) in [4.78, 5) is 62.1. The topological polar surface area (TPSA) is 113 Å². The van der Waals surface area contributed by atoms with Crippen molar-refractivity contribution in [2.24, 2.45) is 5.92 Å². The molecule has 0 radical (unpaired) electrons. The van der Waals surface area contributed by atoms with Crippen LogP contribution in [-0.2, 0) is 28.8 Å². The lowest BCUT2D eigenvalue weighted by Gasteiger charge is -2.20. The van der Waals surface area contributed by atoms with Gasteiger partial charge >= 0.3 is 5.97 Å². The van der Waals surface area contributed by atoms with E-state index in [1.54, 1.807) is 0 Å². The standard InChI is InChI=1S/C16H21N3O6/c1-2-11(10-17-18-12(20)6-7-13(18)21)4-3-5-16(24)25-19-14(22)8-9-15(19)23/h6-7,11,17H,2-5,8-10H2,1H3. The molecule has 1 N–H and O–H groups in total. The summed E-state index contributed by atoms with van der Waals surface area (Å²) in [6, 6.07) is 0. The van der Waals surface area contributed by atoms with Gasteiger partial charge in [0.15, 0.2) is 0 Å². The Morgan fingerprint density at radius 2 is 1.76 bits per heavy atom. The molecule has 0 aromatic heterocycles. The summed E-state index contributed by atoms with van der Waals surface area (Å²) < 4.78 is 0. The predicted octanol–water partition coefficient (Wildman–Crippen LogP) is 0.220. The number of imide groups is 2. The van der Waals surface area contributed by atoms with Gasteiger partial charge in [-0.2, -0.15) is 0 Å². The minimum atomic E-state index is -0.625. The van der Waals surface area contributed by atoms with Crippen LogP contribution in [0.1, 0.15) is 45.4 Å². The van der Waals surface area contributed by atoms with E-state index in [0.717, 1.165) is 11.4 Å². The average Bonchev–Trinajstić information content (AvgIpc) is 3.07. The van der Waals surface area contributed by atoms with Gasteiger partial charge in [0.1, 0.15) is 0 Å². The first-order valence-electron chi connectivity index (χ1n) is 8.28. The molecule has 2 aliphatic rings. The fraction of sp³-hybridized carbons (Fsp3) is 0.562. The average molecular weight is 351 g/mol. The van der Waals surface area contributed by atoms with Gasteiger partial charge < -0.3 is 4.84 Å². The van der Waals surface area contributed by atoms with Crippen molar-refractivity contribution in [1.29, 1.82) is 0 Å². The quantitative estimate of drug-likeness (QED) is 0.591. The predicted molar refractivity (Wildman–Crippen MR) is 83.8 cm³/mol. The van der Waals surface area contributed by atoms with E-state index in [0.29, 0.717) is 24.4 Å². The third-order valence-electron chi connectivity index (χ3n) is 4.12. The van der Waals surface area contributed by atoms with Crippen molar-refractivity contribution in [1.82, 2.24) is 15.5 Å². The number of amides is 4. The van der Waals surface area contributed by atoms with Crippen LogP contribution in [0, 0.1) is 5.92 Å². The van der Waals surface area contributed by atoms with E-state index in [4.69, 9.17) is 4.84 Å². The van der Waals surface area contributed by atoms with Crippen LogP contribution in [0.5, 0.6) is 0 Å². The maximum absolute atomic E-state index is 11.7. The zero-order valence-electron chi connectivity index (χ0n) is 14.0. The Bertz CT molecular complexity index is 581. The highest BCUT2D eigenvalue weighted by molar-refractivity contribution is 6.12. The van der Waals surface area contributed by atoms with Crippen LogP contribution in [0.15, 0.2) is 12.2 Å². The number of hydrazine groups is 1. The highest BCUT2D eigenvalue weighted by atomic mass is 16.7. The van der Waals surface area contributed by atoms with Crippen molar-refractivity contribution in [3.63, 3.8) is 0 Å². The van der Waals surface area contributed by atoms with Gasteiger partial charge in [0.25, 0.3) is 23.6 Å². The summed E-state index contributed by atoms with van der Waals surface area (Å²) in [6.07, 6.45) is 4.60. The van der Waals surface area contributed by atoms with E-state index < -0.39 is 29.6 Å². The first-order chi connectivity index (χ1) is 11.9.